The quantitative estimate of drug-likeness (QED) is 0.493. The van der Waals surface area contributed by atoms with Gasteiger partial charge in [0.25, 0.3) is 0 Å². The monoisotopic (exact) mass is 543 g/mol. The lowest BCUT2D eigenvalue weighted by Crippen LogP contribution is -2.44. The van der Waals surface area contributed by atoms with Gasteiger partial charge in [0.2, 0.25) is 11.8 Å². The van der Waals surface area contributed by atoms with Crippen molar-refractivity contribution >= 4 is 11.8 Å². The second-order valence-electron chi connectivity index (χ2n) is 12.0. The van der Waals surface area contributed by atoms with Crippen LogP contribution < -0.4 is 5.32 Å². The fraction of sp³-hybridized carbons (Fsp3) is 0.548. The van der Waals surface area contributed by atoms with E-state index in [1.54, 1.807) is 13.0 Å². The zero-order valence-electron chi connectivity index (χ0n) is 23.6. The molecule has 1 N–H and O–H groups in total. The van der Waals surface area contributed by atoms with Gasteiger partial charge in [-0.05, 0) is 81.3 Å². The number of amides is 2. The first-order valence-corrected chi connectivity index (χ1v) is 14.0. The van der Waals surface area contributed by atoms with E-state index in [0.29, 0.717) is 51.0 Å². The predicted octanol–water partition coefficient (Wildman–Crippen LogP) is 5.91. The minimum atomic E-state index is -0.629. The number of carbonyl (C=O) groups excluding carboxylic acids is 2. The molecule has 0 radical (unpaired) electrons. The summed E-state index contributed by atoms with van der Waals surface area (Å²) in [5.41, 5.74) is 1.96. The third-order valence-electron chi connectivity index (χ3n) is 8.41. The van der Waals surface area contributed by atoms with Crippen LogP contribution >= 0.6 is 0 Å². The Bertz CT molecular complexity index is 1200. The van der Waals surface area contributed by atoms with Gasteiger partial charge in [-0.1, -0.05) is 19.1 Å². The number of benzene rings is 2. The minimum Gasteiger partial charge on any atom is -0.350 e. The normalized spacial score (nSPS) is 21.7. The fourth-order valence-electron chi connectivity index (χ4n) is 6.08. The molecule has 8 heteroatoms. The zero-order chi connectivity index (χ0) is 28.5. The first-order valence-electron chi connectivity index (χ1n) is 14.0. The SMILES string of the molecule is CCC(=O)NC(C)c1cc(F)ccc1C1CCN(C(=O)C2CN(C(C)(C)C)C[C@H]2c2ccc(F)cc2F)CC1. The zero-order valence-corrected chi connectivity index (χ0v) is 23.6. The van der Waals surface area contributed by atoms with E-state index in [4.69, 9.17) is 0 Å². The molecule has 2 aliphatic rings. The van der Waals surface area contributed by atoms with Crippen molar-refractivity contribution in [2.75, 3.05) is 26.2 Å². The maximum atomic E-state index is 14.8. The van der Waals surface area contributed by atoms with Gasteiger partial charge in [0, 0.05) is 50.1 Å². The highest BCUT2D eigenvalue weighted by Crippen LogP contribution is 2.40. The maximum absolute atomic E-state index is 14.8. The molecule has 0 bridgehead atoms. The second-order valence-corrected chi connectivity index (χ2v) is 12.0. The van der Waals surface area contributed by atoms with Crippen LogP contribution in [0.25, 0.3) is 0 Å². The minimum absolute atomic E-state index is 0.00293. The molecule has 0 spiro atoms. The molecule has 2 saturated heterocycles. The highest BCUT2D eigenvalue weighted by molar-refractivity contribution is 5.81. The van der Waals surface area contributed by atoms with Crippen molar-refractivity contribution in [3.8, 4) is 0 Å². The van der Waals surface area contributed by atoms with Crippen molar-refractivity contribution < 1.29 is 22.8 Å². The van der Waals surface area contributed by atoms with E-state index in [-0.39, 0.29) is 41.0 Å². The molecule has 5 nitrogen and oxygen atoms in total. The average molecular weight is 544 g/mol. The largest absolute Gasteiger partial charge is 0.350 e. The summed E-state index contributed by atoms with van der Waals surface area (Å²) in [6.07, 6.45) is 1.78. The standard InChI is InChI=1S/C31H40F3N3O2/c1-6-29(38)35-19(2)25-15-21(32)7-9-23(25)20-11-13-36(14-12-20)30(39)27-18-37(31(3,4)5)17-26(27)24-10-8-22(33)16-28(24)34/h7-10,15-16,19-20,26-27H,6,11-14,17-18H2,1-5H3,(H,35,38)/t19?,26-,27?/m0/s1. The molecule has 39 heavy (non-hydrogen) atoms. The van der Waals surface area contributed by atoms with Crippen molar-refractivity contribution in [2.45, 2.75) is 77.3 Å². The van der Waals surface area contributed by atoms with E-state index in [2.05, 4.69) is 31.0 Å². The summed E-state index contributed by atoms with van der Waals surface area (Å²) >= 11 is 0. The van der Waals surface area contributed by atoms with Gasteiger partial charge in [0.15, 0.2) is 0 Å². The number of likely N-dealkylation sites (tertiary alicyclic amines) is 2. The van der Waals surface area contributed by atoms with Crippen molar-refractivity contribution in [2.24, 2.45) is 5.92 Å². The van der Waals surface area contributed by atoms with Crippen LogP contribution in [0.5, 0.6) is 0 Å². The van der Waals surface area contributed by atoms with Gasteiger partial charge >= 0.3 is 0 Å². The van der Waals surface area contributed by atoms with Crippen LogP contribution in [0.15, 0.2) is 36.4 Å². The number of hydrogen-bond acceptors (Lipinski definition) is 3. The van der Waals surface area contributed by atoms with Gasteiger partial charge in [0.05, 0.1) is 12.0 Å². The predicted molar refractivity (Wildman–Crippen MR) is 146 cm³/mol. The molecule has 2 heterocycles. The van der Waals surface area contributed by atoms with Crippen LogP contribution in [0.3, 0.4) is 0 Å². The molecule has 0 aromatic heterocycles. The molecular weight excluding hydrogens is 503 g/mol. The Morgan fingerprint density at radius 3 is 2.18 bits per heavy atom. The Balaban J connectivity index is 1.51. The summed E-state index contributed by atoms with van der Waals surface area (Å²) in [7, 11) is 0. The Kier molecular flexibility index (Phi) is 8.74. The molecule has 2 aliphatic heterocycles. The second kappa shape index (κ2) is 11.7. The van der Waals surface area contributed by atoms with Crippen LogP contribution in [0.2, 0.25) is 0 Å². The van der Waals surface area contributed by atoms with Crippen LogP contribution in [0, 0.1) is 23.4 Å². The van der Waals surface area contributed by atoms with Gasteiger partial charge < -0.3 is 10.2 Å². The lowest BCUT2D eigenvalue weighted by atomic mass is 9.83. The number of piperidine rings is 1. The van der Waals surface area contributed by atoms with Gasteiger partial charge in [-0.15, -0.1) is 0 Å². The van der Waals surface area contributed by atoms with Crippen molar-refractivity contribution in [3.05, 3.63) is 70.5 Å². The van der Waals surface area contributed by atoms with Gasteiger partial charge in [-0.2, -0.15) is 0 Å². The van der Waals surface area contributed by atoms with E-state index < -0.39 is 17.6 Å². The first kappa shape index (κ1) is 29.1. The Labute approximate surface area is 229 Å². The van der Waals surface area contributed by atoms with E-state index >= 15 is 0 Å². The molecule has 2 fully saturated rings. The van der Waals surface area contributed by atoms with Gasteiger partial charge in [0.1, 0.15) is 17.5 Å². The van der Waals surface area contributed by atoms with Crippen LogP contribution in [-0.2, 0) is 9.59 Å². The summed E-state index contributed by atoms with van der Waals surface area (Å²) in [6.45, 7) is 12.0. The van der Waals surface area contributed by atoms with Crippen LogP contribution in [0.1, 0.15) is 88.4 Å². The molecule has 2 aromatic rings. The number of halogens is 3. The topological polar surface area (TPSA) is 52.7 Å². The number of hydrogen-bond donors (Lipinski definition) is 1. The molecule has 2 aromatic carbocycles. The summed E-state index contributed by atoms with van der Waals surface area (Å²) < 4.78 is 42.6. The van der Waals surface area contributed by atoms with E-state index in [0.717, 1.165) is 17.2 Å². The number of nitrogens with zero attached hydrogens (tertiary/aromatic N) is 2. The third-order valence-corrected chi connectivity index (χ3v) is 8.41. The van der Waals surface area contributed by atoms with Crippen molar-refractivity contribution in [1.82, 2.24) is 15.1 Å². The average Bonchev–Trinajstić information content (AvgIpc) is 3.34. The highest BCUT2D eigenvalue weighted by Gasteiger charge is 2.44. The van der Waals surface area contributed by atoms with E-state index in [1.165, 1.54) is 24.3 Å². The Morgan fingerprint density at radius 1 is 0.974 bits per heavy atom. The lowest BCUT2D eigenvalue weighted by molar-refractivity contribution is -0.136. The maximum Gasteiger partial charge on any atom is 0.227 e. The molecule has 212 valence electrons. The van der Waals surface area contributed by atoms with Gasteiger partial charge in [-0.25, -0.2) is 13.2 Å². The highest BCUT2D eigenvalue weighted by atomic mass is 19.1. The summed E-state index contributed by atoms with van der Waals surface area (Å²) in [5.74, 6) is -2.33. The number of rotatable bonds is 6. The van der Waals surface area contributed by atoms with Crippen molar-refractivity contribution in [3.63, 3.8) is 0 Å². The Morgan fingerprint density at radius 2 is 1.59 bits per heavy atom. The molecule has 2 amide bonds. The number of nitrogens with one attached hydrogen (secondary N) is 1. The Hall–Kier alpha value is -2.87. The fourth-order valence-corrected chi connectivity index (χ4v) is 6.08. The third kappa shape index (κ3) is 6.48. The molecule has 3 atom stereocenters. The van der Waals surface area contributed by atoms with E-state index in [9.17, 15) is 22.8 Å². The molecule has 2 unspecified atom stereocenters. The molecule has 0 saturated carbocycles. The van der Waals surface area contributed by atoms with E-state index in [1.807, 2.05) is 11.8 Å². The first-order chi connectivity index (χ1) is 18.4. The smallest absolute Gasteiger partial charge is 0.227 e. The van der Waals surface area contributed by atoms with Crippen LogP contribution in [0.4, 0.5) is 13.2 Å². The summed E-state index contributed by atoms with van der Waals surface area (Å²) in [6, 6.07) is 8.05. The van der Waals surface area contributed by atoms with Gasteiger partial charge in [-0.3, -0.25) is 14.5 Å². The lowest BCUT2D eigenvalue weighted by Gasteiger charge is -2.36. The van der Waals surface area contributed by atoms with Crippen LogP contribution in [-0.4, -0.2) is 53.3 Å². The molecular formula is C31H40F3N3O2. The molecule has 4 rings (SSSR count). The summed E-state index contributed by atoms with van der Waals surface area (Å²) in [4.78, 5) is 29.9. The van der Waals surface area contributed by atoms with Crippen molar-refractivity contribution in [1.29, 1.82) is 0 Å². The number of carbonyl (C=O) groups is 2. The summed E-state index contributed by atoms with van der Waals surface area (Å²) in [5, 5.41) is 2.93. The molecule has 0 aliphatic carbocycles.